The Bertz CT molecular complexity index is 795. The zero-order valence-electron chi connectivity index (χ0n) is 12.6. The van der Waals surface area contributed by atoms with Crippen molar-refractivity contribution < 1.29 is 14.4 Å². The van der Waals surface area contributed by atoms with E-state index in [1.807, 2.05) is 6.07 Å². The SMILES string of the molecule is O=C1CN(C(=O)Nc2ccccc2)C(=O)N1Cc1cccc(Cl)c1. The van der Waals surface area contributed by atoms with Gasteiger partial charge in [0.25, 0.3) is 5.91 Å². The number of anilines is 1. The molecule has 3 rings (SSSR count). The zero-order chi connectivity index (χ0) is 17.1. The van der Waals surface area contributed by atoms with Gasteiger partial charge in [-0.1, -0.05) is 41.9 Å². The van der Waals surface area contributed by atoms with Crippen molar-refractivity contribution in [3.05, 3.63) is 65.2 Å². The minimum atomic E-state index is -0.645. The van der Waals surface area contributed by atoms with Gasteiger partial charge in [-0.25, -0.2) is 14.5 Å². The summed E-state index contributed by atoms with van der Waals surface area (Å²) in [7, 11) is 0. The van der Waals surface area contributed by atoms with Gasteiger partial charge in [0.05, 0.1) is 6.54 Å². The Labute approximate surface area is 143 Å². The number of hydrogen-bond acceptors (Lipinski definition) is 3. The fraction of sp³-hybridized carbons (Fsp3) is 0.118. The van der Waals surface area contributed by atoms with Crippen molar-refractivity contribution in [2.45, 2.75) is 6.54 Å². The molecule has 1 heterocycles. The molecular formula is C17H14ClN3O3. The molecule has 0 aromatic heterocycles. The third-order valence-corrected chi connectivity index (χ3v) is 3.79. The molecular weight excluding hydrogens is 330 g/mol. The van der Waals surface area contributed by atoms with Crippen molar-refractivity contribution in [3.63, 3.8) is 0 Å². The van der Waals surface area contributed by atoms with E-state index in [1.54, 1.807) is 48.5 Å². The Hall–Kier alpha value is -2.86. The number of nitrogens with one attached hydrogen (secondary N) is 1. The minimum Gasteiger partial charge on any atom is -0.307 e. The van der Waals surface area contributed by atoms with Crippen molar-refractivity contribution in [1.29, 1.82) is 0 Å². The second-order valence-corrected chi connectivity index (χ2v) is 5.71. The average Bonchev–Trinajstić information content (AvgIpc) is 2.84. The minimum absolute atomic E-state index is 0.0767. The third-order valence-electron chi connectivity index (χ3n) is 3.56. The van der Waals surface area contributed by atoms with Crippen molar-refractivity contribution in [2.75, 3.05) is 11.9 Å². The molecule has 7 heteroatoms. The molecule has 122 valence electrons. The lowest BCUT2D eigenvalue weighted by Gasteiger charge is -2.16. The summed E-state index contributed by atoms with van der Waals surface area (Å²) in [6.07, 6.45) is 0. The first-order valence-electron chi connectivity index (χ1n) is 7.27. The Morgan fingerprint density at radius 1 is 1.08 bits per heavy atom. The van der Waals surface area contributed by atoms with Gasteiger partial charge < -0.3 is 5.32 Å². The van der Waals surface area contributed by atoms with Crippen LogP contribution in [0.5, 0.6) is 0 Å². The highest BCUT2D eigenvalue weighted by molar-refractivity contribution is 6.30. The average molecular weight is 344 g/mol. The summed E-state index contributed by atoms with van der Waals surface area (Å²) < 4.78 is 0. The molecule has 2 aromatic rings. The van der Waals surface area contributed by atoms with Crippen LogP contribution in [0, 0.1) is 0 Å². The highest BCUT2D eigenvalue weighted by Gasteiger charge is 2.39. The van der Waals surface area contributed by atoms with E-state index >= 15 is 0 Å². The van der Waals surface area contributed by atoms with E-state index in [1.165, 1.54) is 0 Å². The number of benzene rings is 2. The number of urea groups is 2. The van der Waals surface area contributed by atoms with Gasteiger partial charge in [0.2, 0.25) is 0 Å². The monoisotopic (exact) mass is 343 g/mol. The third kappa shape index (κ3) is 3.38. The molecule has 0 saturated carbocycles. The van der Waals surface area contributed by atoms with E-state index in [2.05, 4.69) is 5.32 Å². The quantitative estimate of drug-likeness (QED) is 0.869. The van der Waals surface area contributed by atoms with Gasteiger partial charge in [-0.2, -0.15) is 0 Å². The van der Waals surface area contributed by atoms with E-state index in [9.17, 15) is 14.4 Å². The summed E-state index contributed by atoms with van der Waals surface area (Å²) in [5.41, 5.74) is 1.27. The molecule has 0 aliphatic carbocycles. The van der Waals surface area contributed by atoms with Crippen LogP contribution in [0.25, 0.3) is 0 Å². The Balaban J connectivity index is 1.70. The molecule has 0 atom stereocenters. The lowest BCUT2D eigenvalue weighted by atomic mass is 10.2. The van der Waals surface area contributed by atoms with Gasteiger partial charge >= 0.3 is 12.1 Å². The summed E-state index contributed by atoms with van der Waals surface area (Å²) in [6.45, 7) is -0.203. The van der Waals surface area contributed by atoms with Crippen LogP contribution in [-0.2, 0) is 11.3 Å². The van der Waals surface area contributed by atoms with Crippen LogP contribution in [0.2, 0.25) is 5.02 Å². The lowest BCUT2D eigenvalue weighted by molar-refractivity contribution is -0.125. The number of amides is 5. The maximum Gasteiger partial charge on any atom is 0.335 e. The number of carbonyl (C=O) groups excluding carboxylic acids is 3. The van der Waals surface area contributed by atoms with E-state index in [4.69, 9.17) is 11.6 Å². The molecule has 5 amide bonds. The lowest BCUT2D eigenvalue weighted by Crippen LogP contribution is -2.38. The molecule has 1 N–H and O–H groups in total. The van der Waals surface area contributed by atoms with Crippen LogP contribution < -0.4 is 5.32 Å². The molecule has 0 bridgehead atoms. The summed E-state index contributed by atoms with van der Waals surface area (Å²) in [5.74, 6) is -0.428. The van der Waals surface area contributed by atoms with E-state index < -0.39 is 18.0 Å². The molecule has 1 saturated heterocycles. The van der Waals surface area contributed by atoms with Crippen molar-refractivity contribution in [1.82, 2.24) is 9.80 Å². The van der Waals surface area contributed by atoms with Gasteiger partial charge in [-0.3, -0.25) is 9.69 Å². The number of hydrogen-bond donors (Lipinski definition) is 1. The number of nitrogens with zero attached hydrogens (tertiary/aromatic N) is 2. The van der Waals surface area contributed by atoms with Gasteiger partial charge in [0.1, 0.15) is 6.54 Å². The van der Waals surface area contributed by atoms with Crippen LogP contribution in [0.4, 0.5) is 15.3 Å². The predicted octanol–water partition coefficient (Wildman–Crippen LogP) is 3.34. The zero-order valence-corrected chi connectivity index (χ0v) is 13.4. The predicted molar refractivity (Wildman–Crippen MR) is 89.6 cm³/mol. The summed E-state index contributed by atoms with van der Waals surface area (Å²) >= 11 is 5.91. The molecule has 1 fully saturated rings. The van der Waals surface area contributed by atoms with E-state index in [0.717, 1.165) is 15.4 Å². The van der Waals surface area contributed by atoms with Gasteiger partial charge in [0.15, 0.2) is 0 Å². The number of carbonyl (C=O) groups is 3. The molecule has 1 aliphatic heterocycles. The molecule has 0 unspecified atom stereocenters. The highest BCUT2D eigenvalue weighted by atomic mass is 35.5. The van der Waals surface area contributed by atoms with Crippen LogP contribution in [0.15, 0.2) is 54.6 Å². The van der Waals surface area contributed by atoms with Crippen molar-refractivity contribution in [3.8, 4) is 0 Å². The molecule has 1 aliphatic rings. The molecule has 0 radical (unpaired) electrons. The molecule has 0 spiro atoms. The first-order valence-corrected chi connectivity index (χ1v) is 7.65. The standard InChI is InChI=1S/C17H14ClN3O3/c18-13-6-4-5-12(9-13)10-20-15(22)11-21(17(20)24)16(23)19-14-7-2-1-3-8-14/h1-9H,10-11H2,(H,19,23). The Morgan fingerprint density at radius 2 is 1.83 bits per heavy atom. The summed E-state index contributed by atoms with van der Waals surface area (Å²) in [5, 5.41) is 3.11. The van der Waals surface area contributed by atoms with Crippen LogP contribution in [-0.4, -0.2) is 34.3 Å². The van der Waals surface area contributed by atoms with Gasteiger partial charge in [0, 0.05) is 10.7 Å². The maximum atomic E-state index is 12.4. The fourth-order valence-corrected chi connectivity index (χ4v) is 2.60. The molecule has 24 heavy (non-hydrogen) atoms. The number of para-hydroxylation sites is 1. The van der Waals surface area contributed by atoms with E-state index in [-0.39, 0.29) is 13.1 Å². The second-order valence-electron chi connectivity index (χ2n) is 5.27. The first kappa shape index (κ1) is 16.0. The normalized spacial score (nSPS) is 14.2. The number of imide groups is 2. The fourth-order valence-electron chi connectivity index (χ4n) is 2.39. The Morgan fingerprint density at radius 3 is 2.54 bits per heavy atom. The highest BCUT2D eigenvalue weighted by Crippen LogP contribution is 2.18. The van der Waals surface area contributed by atoms with Crippen LogP contribution >= 0.6 is 11.6 Å². The summed E-state index contributed by atoms with van der Waals surface area (Å²) in [6, 6.07) is 14.3. The number of rotatable bonds is 3. The molecule has 2 aromatic carbocycles. The molecule has 6 nitrogen and oxygen atoms in total. The topological polar surface area (TPSA) is 69.7 Å². The van der Waals surface area contributed by atoms with Crippen molar-refractivity contribution >= 4 is 35.3 Å². The Kier molecular flexibility index (Phi) is 4.48. The van der Waals surface area contributed by atoms with Crippen LogP contribution in [0.3, 0.4) is 0 Å². The van der Waals surface area contributed by atoms with Gasteiger partial charge in [-0.15, -0.1) is 0 Å². The largest absolute Gasteiger partial charge is 0.335 e. The summed E-state index contributed by atoms with van der Waals surface area (Å²) in [4.78, 5) is 38.6. The smallest absolute Gasteiger partial charge is 0.307 e. The van der Waals surface area contributed by atoms with Crippen LogP contribution in [0.1, 0.15) is 5.56 Å². The maximum absolute atomic E-state index is 12.4. The second kappa shape index (κ2) is 6.72. The first-order chi connectivity index (χ1) is 11.5. The number of halogens is 1. The van der Waals surface area contributed by atoms with E-state index in [0.29, 0.717) is 10.7 Å². The van der Waals surface area contributed by atoms with Gasteiger partial charge in [-0.05, 0) is 29.8 Å². The van der Waals surface area contributed by atoms with Crippen molar-refractivity contribution in [2.24, 2.45) is 0 Å².